The second-order valence-corrected chi connectivity index (χ2v) is 7.05. The number of nitrogens with one attached hydrogen (secondary N) is 2. The number of hydrogen-bond acceptors (Lipinski definition) is 6. The van der Waals surface area contributed by atoms with Gasteiger partial charge in [-0.25, -0.2) is 9.97 Å². The van der Waals surface area contributed by atoms with Gasteiger partial charge in [0.25, 0.3) is 5.56 Å². The number of aromatic nitrogens is 3. The molecule has 8 heteroatoms. The normalized spacial score (nSPS) is 10.6. The van der Waals surface area contributed by atoms with Gasteiger partial charge in [0.15, 0.2) is 11.6 Å². The van der Waals surface area contributed by atoms with Gasteiger partial charge in [-0.15, -0.1) is 0 Å². The fraction of sp³-hybridized carbons (Fsp3) is 0.273. The summed E-state index contributed by atoms with van der Waals surface area (Å²) in [5.74, 6) is 0.447. The lowest BCUT2D eigenvalue weighted by molar-refractivity contribution is -0.119. The van der Waals surface area contributed by atoms with E-state index in [0.717, 1.165) is 17.5 Å². The standard InChI is InChI=1S/C22H26N6O2/c1-14-12-26-20(25-10-9-16-7-5-4-6-8-16)22(30)28(14)21-19(23)15(2)17(13-27-21)11-18(29)24-3/h4-8,12-13H,9-11,23H2,1-3H3,(H,24,29)(H,25,26). The molecule has 156 valence electrons. The number of benzene rings is 1. The maximum absolute atomic E-state index is 13.1. The molecule has 30 heavy (non-hydrogen) atoms. The van der Waals surface area contributed by atoms with Crippen molar-refractivity contribution in [2.75, 3.05) is 24.6 Å². The van der Waals surface area contributed by atoms with Crippen LogP contribution in [0.15, 0.2) is 47.5 Å². The Balaban J connectivity index is 1.89. The molecule has 0 radical (unpaired) electrons. The van der Waals surface area contributed by atoms with Gasteiger partial charge in [0.05, 0.1) is 12.1 Å². The number of nitrogen functional groups attached to an aromatic ring is 1. The average molecular weight is 406 g/mol. The maximum Gasteiger partial charge on any atom is 0.299 e. The molecular weight excluding hydrogens is 380 g/mol. The van der Waals surface area contributed by atoms with Crippen LogP contribution in [0.25, 0.3) is 5.82 Å². The highest BCUT2D eigenvalue weighted by Gasteiger charge is 2.17. The molecule has 0 unspecified atom stereocenters. The minimum atomic E-state index is -0.319. The number of likely N-dealkylation sites (N-methyl/N-ethyl adjacent to an activating group) is 1. The maximum atomic E-state index is 13.1. The van der Waals surface area contributed by atoms with Crippen LogP contribution in [0.4, 0.5) is 11.5 Å². The first-order chi connectivity index (χ1) is 14.4. The molecular formula is C22H26N6O2. The highest BCUT2D eigenvalue weighted by molar-refractivity contribution is 5.79. The number of nitrogens with zero attached hydrogens (tertiary/aromatic N) is 3. The van der Waals surface area contributed by atoms with Crippen LogP contribution in [-0.4, -0.2) is 34.0 Å². The van der Waals surface area contributed by atoms with Crippen LogP contribution in [0.2, 0.25) is 0 Å². The van der Waals surface area contributed by atoms with Gasteiger partial charge in [-0.2, -0.15) is 0 Å². The predicted octanol–water partition coefficient (Wildman–Crippen LogP) is 1.77. The summed E-state index contributed by atoms with van der Waals surface area (Å²) in [6.45, 7) is 4.17. The van der Waals surface area contributed by atoms with Crippen LogP contribution in [0.3, 0.4) is 0 Å². The Hall–Kier alpha value is -3.68. The van der Waals surface area contributed by atoms with E-state index < -0.39 is 0 Å². The number of carbonyl (C=O) groups is 1. The predicted molar refractivity (Wildman–Crippen MR) is 118 cm³/mol. The van der Waals surface area contributed by atoms with E-state index in [2.05, 4.69) is 20.6 Å². The number of amides is 1. The fourth-order valence-electron chi connectivity index (χ4n) is 3.16. The molecule has 3 aromatic rings. The van der Waals surface area contributed by atoms with E-state index in [1.807, 2.05) is 37.3 Å². The van der Waals surface area contributed by atoms with Crippen molar-refractivity contribution in [3.8, 4) is 5.82 Å². The zero-order chi connectivity index (χ0) is 21.7. The van der Waals surface area contributed by atoms with Gasteiger partial charge in [-0.05, 0) is 37.0 Å². The van der Waals surface area contributed by atoms with Gasteiger partial charge in [-0.1, -0.05) is 30.3 Å². The Kier molecular flexibility index (Phi) is 6.46. The lowest BCUT2D eigenvalue weighted by Gasteiger charge is -2.16. The molecule has 0 saturated carbocycles. The van der Waals surface area contributed by atoms with Crippen LogP contribution in [0, 0.1) is 13.8 Å². The molecule has 3 rings (SSSR count). The Bertz CT molecular complexity index is 1110. The molecule has 0 fully saturated rings. The highest BCUT2D eigenvalue weighted by Crippen LogP contribution is 2.22. The lowest BCUT2D eigenvalue weighted by atomic mass is 10.1. The smallest absolute Gasteiger partial charge is 0.299 e. The Morgan fingerprint density at radius 1 is 1.13 bits per heavy atom. The van der Waals surface area contributed by atoms with Gasteiger partial charge in [-0.3, -0.25) is 14.2 Å². The minimum absolute atomic E-state index is 0.130. The SMILES string of the molecule is CNC(=O)Cc1cnc(-n2c(C)cnc(NCCc3ccccc3)c2=O)c(N)c1C. The number of rotatable bonds is 7. The lowest BCUT2D eigenvalue weighted by Crippen LogP contribution is -2.28. The first-order valence-corrected chi connectivity index (χ1v) is 9.73. The largest absolute Gasteiger partial charge is 0.395 e. The number of carbonyl (C=O) groups excluding carboxylic acids is 1. The number of hydrogen-bond donors (Lipinski definition) is 3. The van der Waals surface area contributed by atoms with Crippen molar-refractivity contribution in [1.82, 2.24) is 19.9 Å². The van der Waals surface area contributed by atoms with Gasteiger partial charge in [0, 0.05) is 31.7 Å². The molecule has 0 aliphatic carbocycles. The van der Waals surface area contributed by atoms with Crippen molar-refractivity contribution < 1.29 is 4.79 Å². The topological polar surface area (TPSA) is 115 Å². The van der Waals surface area contributed by atoms with Crippen molar-refractivity contribution in [2.45, 2.75) is 26.7 Å². The number of aryl methyl sites for hydroxylation is 1. The van der Waals surface area contributed by atoms with E-state index in [1.54, 1.807) is 26.4 Å². The number of anilines is 2. The van der Waals surface area contributed by atoms with Crippen LogP contribution >= 0.6 is 0 Å². The second kappa shape index (κ2) is 9.21. The molecule has 1 aromatic carbocycles. The van der Waals surface area contributed by atoms with E-state index in [9.17, 15) is 9.59 Å². The molecule has 0 atom stereocenters. The van der Waals surface area contributed by atoms with E-state index in [1.165, 1.54) is 10.1 Å². The van der Waals surface area contributed by atoms with E-state index in [0.29, 0.717) is 23.7 Å². The fourth-order valence-corrected chi connectivity index (χ4v) is 3.16. The van der Waals surface area contributed by atoms with E-state index in [-0.39, 0.29) is 23.7 Å². The van der Waals surface area contributed by atoms with Crippen LogP contribution in [0.1, 0.15) is 22.4 Å². The van der Waals surface area contributed by atoms with Gasteiger partial charge in [0.2, 0.25) is 5.91 Å². The summed E-state index contributed by atoms with van der Waals surface area (Å²) in [6, 6.07) is 10.0. The van der Waals surface area contributed by atoms with Crippen molar-refractivity contribution >= 4 is 17.4 Å². The second-order valence-electron chi connectivity index (χ2n) is 7.05. The summed E-state index contributed by atoms with van der Waals surface area (Å²) in [5, 5.41) is 5.70. The summed E-state index contributed by atoms with van der Waals surface area (Å²) in [5.41, 5.74) is 9.58. The number of pyridine rings is 1. The Labute approximate surface area is 175 Å². The summed E-state index contributed by atoms with van der Waals surface area (Å²) in [7, 11) is 1.58. The molecule has 4 N–H and O–H groups in total. The molecule has 8 nitrogen and oxygen atoms in total. The third-order valence-corrected chi connectivity index (χ3v) is 5.00. The molecule has 0 saturated heterocycles. The highest BCUT2D eigenvalue weighted by atomic mass is 16.1. The van der Waals surface area contributed by atoms with E-state index in [4.69, 9.17) is 5.73 Å². The van der Waals surface area contributed by atoms with Crippen molar-refractivity contribution in [1.29, 1.82) is 0 Å². The zero-order valence-electron chi connectivity index (χ0n) is 17.4. The minimum Gasteiger partial charge on any atom is -0.395 e. The van der Waals surface area contributed by atoms with Gasteiger partial charge < -0.3 is 16.4 Å². The zero-order valence-corrected chi connectivity index (χ0v) is 17.4. The third-order valence-electron chi connectivity index (χ3n) is 5.00. The molecule has 0 aliphatic rings. The third kappa shape index (κ3) is 4.48. The summed E-state index contributed by atoms with van der Waals surface area (Å²) < 4.78 is 1.45. The van der Waals surface area contributed by atoms with Gasteiger partial charge >= 0.3 is 0 Å². The van der Waals surface area contributed by atoms with Gasteiger partial charge in [0.1, 0.15) is 0 Å². The molecule has 1 amide bonds. The number of nitrogens with two attached hydrogens (primary N) is 1. The monoisotopic (exact) mass is 406 g/mol. The summed E-state index contributed by atoms with van der Waals surface area (Å²) in [6.07, 6.45) is 4.14. The molecule has 0 spiro atoms. The van der Waals surface area contributed by atoms with Crippen LogP contribution in [0.5, 0.6) is 0 Å². The van der Waals surface area contributed by atoms with Crippen molar-refractivity contribution in [3.05, 3.63) is 75.5 Å². The van der Waals surface area contributed by atoms with Crippen LogP contribution < -0.4 is 21.9 Å². The molecule has 0 aliphatic heterocycles. The average Bonchev–Trinajstić information content (AvgIpc) is 2.75. The van der Waals surface area contributed by atoms with E-state index >= 15 is 0 Å². The van der Waals surface area contributed by atoms with Crippen molar-refractivity contribution in [3.63, 3.8) is 0 Å². The summed E-state index contributed by atoms with van der Waals surface area (Å²) >= 11 is 0. The summed E-state index contributed by atoms with van der Waals surface area (Å²) in [4.78, 5) is 33.4. The quantitative estimate of drug-likeness (QED) is 0.551. The Morgan fingerprint density at radius 3 is 2.57 bits per heavy atom. The Morgan fingerprint density at radius 2 is 1.87 bits per heavy atom. The van der Waals surface area contributed by atoms with Crippen LogP contribution in [-0.2, 0) is 17.6 Å². The molecule has 2 heterocycles. The first kappa shape index (κ1) is 21.0. The molecule has 0 bridgehead atoms. The van der Waals surface area contributed by atoms with Crippen molar-refractivity contribution in [2.24, 2.45) is 0 Å². The first-order valence-electron chi connectivity index (χ1n) is 9.73. The molecule has 2 aromatic heterocycles.